The van der Waals surface area contributed by atoms with Gasteiger partial charge in [0.05, 0.1) is 12.1 Å². The summed E-state index contributed by atoms with van der Waals surface area (Å²) in [4.78, 5) is 25.2. The summed E-state index contributed by atoms with van der Waals surface area (Å²) >= 11 is 0. The lowest BCUT2D eigenvalue weighted by Crippen LogP contribution is -2.39. The van der Waals surface area contributed by atoms with Crippen molar-refractivity contribution in [1.29, 1.82) is 0 Å². The molecule has 2 atom stereocenters. The fourth-order valence-corrected chi connectivity index (χ4v) is 2.93. The molecule has 3 aliphatic rings. The van der Waals surface area contributed by atoms with Gasteiger partial charge in [-0.25, -0.2) is 9.59 Å². The van der Waals surface area contributed by atoms with Crippen LogP contribution in [0.25, 0.3) is 0 Å². The monoisotopic (exact) mass is 317 g/mol. The number of fused-ring (bicyclic) bond motifs is 1. The molecule has 3 amide bonds. The summed E-state index contributed by atoms with van der Waals surface area (Å²) in [5.74, 6) is 0. The van der Waals surface area contributed by atoms with Crippen molar-refractivity contribution in [1.82, 2.24) is 15.5 Å². The third-order valence-electron chi connectivity index (χ3n) is 4.06. The van der Waals surface area contributed by atoms with Gasteiger partial charge in [-0.05, 0) is 38.3 Å². The first-order chi connectivity index (χ1) is 10.8. The van der Waals surface area contributed by atoms with Gasteiger partial charge in [-0.15, -0.1) is 0 Å². The third-order valence-corrected chi connectivity index (χ3v) is 4.06. The van der Waals surface area contributed by atoms with Gasteiger partial charge in [0.25, 0.3) is 0 Å². The Bertz CT molecular complexity index is 613. The van der Waals surface area contributed by atoms with Crippen LogP contribution in [0.15, 0.2) is 35.5 Å². The zero-order valence-corrected chi connectivity index (χ0v) is 13.8. The minimum Gasteiger partial charge on any atom is -0.444 e. The molecule has 124 valence electrons. The van der Waals surface area contributed by atoms with Gasteiger partial charge in [0.2, 0.25) is 0 Å². The molecule has 0 saturated carbocycles. The largest absolute Gasteiger partial charge is 0.444 e. The molecule has 6 heteroatoms. The van der Waals surface area contributed by atoms with Crippen LogP contribution in [-0.2, 0) is 4.74 Å². The van der Waals surface area contributed by atoms with Crippen molar-refractivity contribution in [2.45, 2.75) is 44.9 Å². The van der Waals surface area contributed by atoms with E-state index in [9.17, 15) is 9.59 Å². The van der Waals surface area contributed by atoms with Gasteiger partial charge in [0.1, 0.15) is 5.60 Å². The average Bonchev–Trinajstić information content (AvgIpc) is 2.84. The normalized spacial score (nSPS) is 26.7. The van der Waals surface area contributed by atoms with E-state index in [-0.39, 0.29) is 24.2 Å². The molecule has 23 heavy (non-hydrogen) atoms. The number of nitrogens with zero attached hydrogens (tertiary/aromatic N) is 1. The second kappa shape index (κ2) is 5.76. The van der Waals surface area contributed by atoms with Crippen LogP contribution in [0.1, 0.15) is 27.2 Å². The van der Waals surface area contributed by atoms with E-state index in [2.05, 4.69) is 22.8 Å². The van der Waals surface area contributed by atoms with Crippen LogP contribution in [0, 0.1) is 0 Å². The highest BCUT2D eigenvalue weighted by Gasteiger charge is 2.31. The summed E-state index contributed by atoms with van der Waals surface area (Å²) < 4.78 is 5.40. The van der Waals surface area contributed by atoms with Crippen LogP contribution in [0.5, 0.6) is 0 Å². The number of amides is 3. The van der Waals surface area contributed by atoms with E-state index in [1.807, 2.05) is 32.9 Å². The standard InChI is InChI=1S/C17H23N3O3/c1-17(2,3)23-16(22)20-8-6-11(7-9-20)12-4-5-13-14(10-12)19-15(21)18-13/h4-6,10,13-14H,7-9H2,1-3H3,(H2,18,19,21)/t13-,14-/m0/s1. The maximum atomic E-state index is 12.1. The number of ether oxygens (including phenoxy) is 1. The summed E-state index contributed by atoms with van der Waals surface area (Å²) in [7, 11) is 0. The lowest BCUT2D eigenvalue weighted by Gasteiger charge is -2.30. The Morgan fingerprint density at radius 1 is 1.30 bits per heavy atom. The molecule has 2 N–H and O–H groups in total. The van der Waals surface area contributed by atoms with Gasteiger partial charge in [-0.2, -0.15) is 0 Å². The Balaban J connectivity index is 1.63. The number of hydrogen-bond acceptors (Lipinski definition) is 3. The summed E-state index contributed by atoms with van der Waals surface area (Å²) in [5, 5.41) is 5.74. The lowest BCUT2D eigenvalue weighted by atomic mass is 9.91. The van der Waals surface area contributed by atoms with Crippen LogP contribution in [0.2, 0.25) is 0 Å². The Hall–Kier alpha value is -2.24. The Morgan fingerprint density at radius 2 is 2.04 bits per heavy atom. The minimum atomic E-state index is -0.474. The first-order valence-corrected chi connectivity index (χ1v) is 7.96. The maximum Gasteiger partial charge on any atom is 0.410 e. The number of carbonyl (C=O) groups excluding carboxylic acids is 2. The molecular formula is C17H23N3O3. The van der Waals surface area contributed by atoms with E-state index >= 15 is 0 Å². The van der Waals surface area contributed by atoms with E-state index < -0.39 is 5.60 Å². The fourth-order valence-electron chi connectivity index (χ4n) is 2.93. The third kappa shape index (κ3) is 3.57. The quantitative estimate of drug-likeness (QED) is 0.778. The number of carbonyl (C=O) groups is 2. The molecule has 1 fully saturated rings. The highest BCUT2D eigenvalue weighted by molar-refractivity contribution is 5.79. The smallest absolute Gasteiger partial charge is 0.410 e. The van der Waals surface area contributed by atoms with Crippen molar-refractivity contribution in [2.24, 2.45) is 0 Å². The summed E-state index contributed by atoms with van der Waals surface area (Å²) in [5.41, 5.74) is 1.86. The molecular weight excluding hydrogens is 294 g/mol. The first-order valence-electron chi connectivity index (χ1n) is 7.96. The molecule has 1 aliphatic carbocycles. The van der Waals surface area contributed by atoms with Gasteiger partial charge in [0.15, 0.2) is 0 Å². The summed E-state index contributed by atoms with van der Waals surface area (Å²) in [6, 6.07) is -0.0862. The van der Waals surface area contributed by atoms with Crippen molar-refractivity contribution >= 4 is 12.1 Å². The van der Waals surface area contributed by atoms with E-state index in [4.69, 9.17) is 4.74 Å². The van der Waals surface area contributed by atoms with Crippen LogP contribution < -0.4 is 10.6 Å². The van der Waals surface area contributed by atoms with E-state index in [0.29, 0.717) is 13.1 Å². The van der Waals surface area contributed by atoms with Crippen molar-refractivity contribution in [3.05, 3.63) is 35.5 Å². The second-order valence-electron chi connectivity index (χ2n) is 7.06. The molecule has 0 aromatic rings. The zero-order valence-electron chi connectivity index (χ0n) is 13.8. The molecule has 0 aromatic carbocycles. The molecule has 0 aromatic heterocycles. The molecule has 1 saturated heterocycles. The average molecular weight is 317 g/mol. The molecule has 0 bridgehead atoms. The highest BCUT2D eigenvalue weighted by atomic mass is 16.6. The predicted molar refractivity (Wildman–Crippen MR) is 87.0 cm³/mol. The SMILES string of the molecule is CC(C)(C)OC(=O)N1CC=C(C2=C[C@@H]3NC(=O)N[C@H]3C=C2)CC1. The van der Waals surface area contributed by atoms with Gasteiger partial charge < -0.3 is 20.3 Å². The number of nitrogens with one attached hydrogen (secondary N) is 2. The number of urea groups is 1. The van der Waals surface area contributed by atoms with Gasteiger partial charge in [-0.1, -0.05) is 24.3 Å². The zero-order chi connectivity index (χ0) is 16.6. The predicted octanol–water partition coefficient (Wildman–Crippen LogP) is 2.10. The van der Waals surface area contributed by atoms with Crippen molar-refractivity contribution < 1.29 is 14.3 Å². The molecule has 0 radical (unpaired) electrons. The Morgan fingerprint density at radius 3 is 2.70 bits per heavy atom. The van der Waals surface area contributed by atoms with Gasteiger partial charge in [-0.3, -0.25) is 0 Å². The van der Waals surface area contributed by atoms with E-state index in [1.165, 1.54) is 5.57 Å². The van der Waals surface area contributed by atoms with Crippen molar-refractivity contribution in [3.8, 4) is 0 Å². The maximum absolute atomic E-state index is 12.1. The summed E-state index contributed by atoms with van der Waals surface area (Å²) in [6.45, 7) is 6.80. The van der Waals surface area contributed by atoms with Crippen molar-refractivity contribution in [2.75, 3.05) is 13.1 Å². The molecule has 6 nitrogen and oxygen atoms in total. The van der Waals surface area contributed by atoms with Crippen molar-refractivity contribution in [3.63, 3.8) is 0 Å². The van der Waals surface area contributed by atoms with E-state index in [0.717, 1.165) is 12.0 Å². The summed E-state index contributed by atoms with van der Waals surface area (Å²) in [6.07, 6.45) is 8.72. The molecule has 2 heterocycles. The topological polar surface area (TPSA) is 70.7 Å². The minimum absolute atomic E-state index is 0.00675. The van der Waals surface area contributed by atoms with Crippen LogP contribution in [0.4, 0.5) is 9.59 Å². The van der Waals surface area contributed by atoms with Crippen LogP contribution in [0.3, 0.4) is 0 Å². The van der Waals surface area contributed by atoms with Crippen LogP contribution >= 0.6 is 0 Å². The van der Waals surface area contributed by atoms with Gasteiger partial charge >= 0.3 is 12.1 Å². The molecule has 0 unspecified atom stereocenters. The molecule has 0 spiro atoms. The number of allylic oxidation sites excluding steroid dienone is 2. The highest BCUT2D eigenvalue weighted by Crippen LogP contribution is 2.26. The number of rotatable bonds is 1. The first kappa shape index (κ1) is 15.6. The molecule has 2 aliphatic heterocycles. The van der Waals surface area contributed by atoms with Crippen LogP contribution in [-0.4, -0.2) is 47.8 Å². The van der Waals surface area contributed by atoms with Gasteiger partial charge in [0, 0.05) is 13.1 Å². The lowest BCUT2D eigenvalue weighted by molar-refractivity contribution is 0.0266. The number of hydrogen-bond donors (Lipinski definition) is 2. The van der Waals surface area contributed by atoms with E-state index in [1.54, 1.807) is 4.90 Å². The second-order valence-corrected chi connectivity index (χ2v) is 7.06. The fraction of sp³-hybridized carbons (Fsp3) is 0.529. The Kier molecular flexibility index (Phi) is 3.92. The Labute approximate surface area is 136 Å². The molecule has 3 rings (SSSR count).